The van der Waals surface area contributed by atoms with E-state index in [1.54, 1.807) is 6.07 Å². The van der Waals surface area contributed by atoms with E-state index in [2.05, 4.69) is 0 Å². The minimum absolute atomic E-state index is 0.0973. The van der Waals surface area contributed by atoms with E-state index in [0.717, 1.165) is 0 Å². The first-order valence-electron chi connectivity index (χ1n) is 4.11. The van der Waals surface area contributed by atoms with Crippen LogP contribution in [0.15, 0.2) is 22.6 Å². The van der Waals surface area contributed by atoms with E-state index in [4.69, 9.17) is 10.2 Å². The van der Waals surface area contributed by atoms with Gasteiger partial charge in [-0.3, -0.25) is 4.79 Å². The van der Waals surface area contributed by atoms with Crippen LogP contribution >= 0.6 is 0 Å². The number of benzene rings is 1. The maximum Gasteiger partial charge on any atom is 0.197 e. The Morgan fingerprint density at radius 2 is 2.21 bits per heavy atom. The van der Waals surface area contributed by atoms with E-state index in [9.17, 15) is 9.90 Å². The summed E-state index contributed by atoms with van der Waals surface area (Å²) in [5, 5.41) is 9.79. The van der Waals surface area contributed by atoms with E-state index in [1.165, 1.54) is 19.1 Å². The van der Waals surface area contributed by atoms with Gasteiger partial charge in [-0.05, 0) is 18.2 Å². The number of Topliss-reactive ketones (excluding diaryl/α,β-unsaturated/α-hetero) is 1. The lowest BCUT2D eigenvalue weighted by Crippen LogP contribution is -1.94. The predicted octanol–water partition coefficient (Wildman–Crippen LogP) is 1.92. The number of nitrogens with two attached hydrogens (primary N) is 1. The van der Waals surface area contributed by atoms with Gasteiger partial charge in [0.25, 0.3) is 0 Å². The maximum absolute atomic E-state index is 11.1. The molecule has 0 saturated carbocycles. The molecule has 1 heterocycles. The Hall–Kier alpha value is -1.97. The highest BCUT2D eigenvalue weighted by Gasteiger charge is 2.14. The van der Waals surface area contributed by atoms with Crippen LogP contribution in [0.1, 0.15) is 17.5 Å². The maximum atomic E-state index is 11.1. The Labute approximate surface area is 79.9 Å². The van der Waals surface area contributed by atoms with E-state index in [-0.39, 0.29) is 23.0 Å². The highest BCUT2D eigenvalue weighted by Crippen LogP contribution is 2.30. The van der Waals surface area contributed by atoms with Crippen molar-refractivity contribution in [3.8, 4) is 5.75 Å². The molecule has 72 valence electrons. The van der Waals surface area contributed by atoms with Crippen LogP contribution in [0.5, 0.6) is 5.75 Å². The molecular formula is C10H9NO3. The van der Waals surface area contributed by atoms with Crippen molar-refractivity contribution in [2.75, 3.05) is 5.73 Å². The quantitative estimate of drug-likeness (QED) is 0.675. The van der Waals surface area contributed by atoms with Crippen LogP contribution in [0.25, 0.3) is 11.0 Å². The average Bonchev–Trinajstić information content (AvgIpc) is 2.44. The normalized spacial score (nSPS) is 10.6. The van der Waals surface area contributed by atoms with Crippen molar-refractivity contribution in [2.45, 2.75) is 6.92 Å². The number of fused-ring (bicyclic) bond motifs is 1. The molecule has 0 spiro atoms. The average molecular weight is 191 g/mol. The van der Waals surface area contributed by atoms with Gasteiger partial charge in [-0.2, -0.15) is 0 Å². The zero-order chi connectivity index (χ0) is 10.3. The SMILES string of the molecule is CC(=O)c1oc2ccc(O)cc2c1N. The number of carbonyl (C=O) groups is 1. The highest BCUT2D eigenvalue weighted by atomic mass is 16.3. The number of phenolic OH excluding ortho intramolecular Hbond substituents is 1. The topological polar surface area (TPSA) is 76.5 Å². The molecule has 0 amide bonds. The molecular weight excluding hydrogens is 182 g/mol. The van der Waals surface area contributed by atoms with Crippen molar-refractivity contribution in [3.63, 3.8) is 0 Å². The largest absolute Gasteiger partial charge is 0.508 e. The zero-order valence-electron chi connectivity index (χ0n) is 7.57. The number of phenols is 1. The first-order chi connectivity index (χ1) is 6.59. The summed E-state index contributed by atoms with van der Waals surface area (Å²) in [6.07, 6.45) is 0. The summed E-state index contributed by atoms with van der Waals surface area (Å²) in [5.41, 5.74) is 6.47. The molecule has 0 aliphatic carbocycles. The Kier molecular flexibility index (Phi) is 1.70. The molecule has 1 aromatic heterocycles. The summed E-state index contributed by atoms with van der Waals surface area (Å²) in [6, 6.07) is 4.53. The van der Waals surface area contributed by atoms with Crippen molar-refractivity contribution in [3.05, 3.63) is 24.0 Å². The number of nitrogen functional groups attached to an aromatic ring is 1. The first-order valence-corrected chi connectivity index (χ1v) is 4.11. The van der Waals surface area contributed by atoms with Crippen LogP contribution in [0.4, 0.5) is 5.69 Å². The standard InChI is InChI=1S/C10H9NO3/c1-5(12)10-9(11)7-4-6(13)2-3-8(7)14-10/h2-4,13H,11H2,1H3. The molecule has 4 nitrogen and oxygen atoms in total. The lowest BCUT2D eigenvalue weighted by molar-refractivity contribution is 0.0990. The van der Waals surface area contributed by atoms with Crippen LogP contribution in [0.2, 0.25) is 0 Å². The molecule has 0 bridgehead atoms. The number of anilines is 1. The summed E-state index contributed by atoms with van der Waals surface area (Å²) in [7, 11) is 0. The van der Waals surface area contributed by atoms with E-state index in [1.807, 2.05) is 0 Å². The van der Waals surface area contributed by atoms with E-state index >= 15 is 0 Å². The Balaban J connectivity index is 2.80. The number of furan rings is 1. The van der Waals surface area contributed by atoms with Gasteiger partial charge < -0.3 is 15.3 Å². The lowest BCUT2D eigenvalue weighted by atomic mass is 10.2. The smallest absolute Gasteiger partial charge is 0.197 e. The van der Waals surface area contributed by atoms with Crippen LogP contribution < -0.4 is 5.73 Å². The lowest BCUT2D eigenvalue weighted by Gasteiger charge is -1.91. The fourth-order valence-electron chi connectivity index (χ4n) is 1.37. The van der Waals surface area contributed by atoms with Gasteiger partial charge in [0.05, 0.1) is 5.69 Å². The number of ketones is 1. The van der Waals surface area contributed by atoms with Crippen molar-refractivity contribution < 1.29 is 14.3 Å². The molecule has 3 N–H and O–H groups in total. The molecule has 14 heavy (non-hydrogen) atoms. The fourth-order valence-corrected chi connectivity index (χ4v) is 1.37. The summed E-state index contributed by atoms with van der Waals surface area (Å²) < 4.78 is 5.23. The molecule has 0 fully saturated rings. The molecule has 0 atom stereocenters. The molecule has 1 aromatic carbocycles. The van der Waals surface area contributed by atoms with Gasteiger partial charge in [0.15, 0.2) is 11.5 Å². The monoisotopic (exact) mass is 191 g/mol. The van der Waals surface area contributed by atoms with Gasteiger partial charge in [-0.1, -0.05) is 0 Å². The second-order valence-electron chi connectivity index (χ2n) is 3.08. The van der Waals surface area contributed by atoms with Crippen LogP contribution in [-0.2, 0) is 0 Å². The molecule has 0 saturated heterocycles. The van der Waals surface area contributed by atoms with Crippen molar-refractivity contribution in [2.24, 2.45) is 0 Å². The first kappa shape index (κ1) is 8.62. The number of hydrogen-bond acceptors (Lipinski definition) is 4. The minimum Gasteiger partial charge on any atom is -0.508 e. The van der Waals surface area contributed by atoms with Gasteiger partial charge in [-0.25, -0.2) is 0 Å². The van der Waals surface area contributed by atoms with Crippen LogP contribution in [-0.4, -0.2) is 10.9 Å². The van der Waals surface area contributed by atoms with Crippen molar-refractivity contribution >= 4 is 22.4 Å². The predicted molar refractivity (Wildman–Crippen MR) is 52.3 cm³/mol. The third-order valence-corrected chi connectivity index (χ3v) is 2.03. The van der Waals surface area contributed by atoms with Gasteiger partial charge in [0, 0.05) is 12.3 Å². The number of aromatic hydroxyl groups is 1. The molecule has 0 radical (unpaired) electrons. The second-order valence-corrected chi connectivity index (χ2v) is 3.08. The highest BCUT2D eigenvalue weighted by molar-refractivity contribution is 6.05. The minimum atomic E-state index is -0.224. The third kappa shape index (κ3) is 1.12. The van der Waals surface area contributed by atoms with Crippen LogP contribution in [0.3, 0.4) is 0 Å². The van der Waals surface area contributed by atoms with Gasteiger partial charge in [-0.15, -0.1) is 0 Å². The summed E-state index contributed by atoms with van der Waals surface area (Å²) >= 11 is 0. The van der Waals surface area contributed by atoms with Gasteiger partial charge >= 0.3 is 0 Å². The third-order valence-electron chi connectivity index (χ3n) is 2.03. The Bertz CT molecular complexity index is 513. The van der Waals surface area contributed by atoms with E-state index < -0.39 is 0 Å². The molecule has 2 rings (SSSR count). The molecule has 4 heteroatoms. The molecule has 0 unspecified atom stereocenters. The fraction of sp³-hybridized carbons (Fsp3) is 0.100. The van der Waals surface area contributed by atoms with Gasteiger partial charge in [0.1, 0.15) is 11.3 Å². The number of rotatable bonds is 1. The molecule has 2 aromatic rings. The van der Waals surface area contributed by atoms with Gasteiger partial charge in [0.2, 0.25) is 0 Å². The molecule has 0 aliphatic rings. The number of hydrogen-bond donors (Lipinski definition) is 2. The summed E-state index contributed by atoms with van der Waals surface area (Å²) in [4.78, 5) is 11.1. The van der Waals surface area contributed by atoms with Crippen molar-refractivity contribution in [1.82, 2.24) is 0 Å². The molecule has 0 aliphatic heterocycles. The van der Waals surface area contributed by atoms with E-state index in [0.29, 0.717) is 11.0 Å². The zero-order valence-corrected chi connectivity index (χ0v) is 7.57. The summed E-state index contributed by atoms with van der Waals surface area (Å²) in [5.74, 6) is 0.0175. The Morgan fingerprint density at radius 1 is 1.50 bits per heavy atom. The summed E-state index contributed by atoms with van der Waals surface area (Å²) in [6.45, 7) is 1.38. The number of carbonyl (C=O) groups excluding carboxylic acids is 1. The Morgan fingerprint density at radius 3 is 2.86 bits per heavy atom. The second kappa shape index (κ2) is 2.77. The van der Waals surface area contributed by atoms with Crippen LogP contribution in [0, 0.1) is 0 Å². The van der Waals surface area contributed by atoms with Crippen molar-refractivity contribution in [1.29, 1.82) is 0 Å².